The van der Waals surface area contributed by atoms with E-state index >= 15 is 0 Å². The van der Waals surface area contributed by atoms with Crippen molar-refractivity contribution in [3.63, 3.8) is 0 Å². The molecule has 0 bridgehead atoms. The summed E-state index contributed by atoms with van der Waals surface area (Å²) in [6.07, 6.45) is 1.17. The molecule has 2 aromatic rings. The molecule has 0 atom stereocenters. The zero-order valence-corrected chi connectivity index (χ0v) is 12.4. The number of nitrogens with zero attached hydrogens (tertiary/aromatic N) is 3. The highest BCUT2D eigenvalue weighted by molar-refractivity contribution is 9.10. The van der Waals surface area contributed by atoms with E-state index in [9.17, 15) is 10.1 Å². The lowest BCUT2D eigenvalue weighted by Gasteiger charge is -2.08. The van der Waals surface area contributed by atoms with Gasteiger partial charge >= 0.3 is 5.69 Å². The zero-order chi connectivity index (χ0) is 14.7. The predicted octanol–water partition coefficient (Wildman–Crippen LogP) is 3.24. The van der Waals surface area contributed by atoms with Crippen molar-refractivity contribution in [3.8, 4) is 0 Å². The van der Waals surface area contributed by atoms with Crippen molar-refractivity contribution >= 4 is 39.1 Å². The van der Waals surface area contributed by atoms with Gasteiger partial charge in [-0.3, -0.25) is 10.1 Å². The second-order valence-corrected chi connectivity index (χ2v) is 4.88. The van der Waals surface area contributed by atoms with Crippen LogP contribution in [0.4, 0.5) is 23.1 Å². The van der Waals surface area contributed by atoms with Gasteiger partial charge in [-0.25, -0.2) is 4.98 Å². The maximum atomic E-state index is 11.0. The molecule has 0 spiro atoms. The lowest BCUT2D eigenvalue weighted by atomic mass is 10.2. The molecule has 0 aliphatic carbocycles. The number of aromatic nitrogens is 2. The third-order valence-corrected chi connectivity index (χ3v) is 3.48. The quantitative estimate of drug-likeness (QED) is 0.657. The van der Waals surface area contributed by atoms with Gasteiger partial charge < -0.3 is 10.6 Å². The fraction of sp³-hybridized carbons (Fsp3) is 0.167. The van der Waals surface area contributed by atoms with Crippen molar-refractivity contribution in [3.05, 3.63) is 44.5 Å². The highest BCUT2D eigenvalue weighted by Crippen LogP contribution is 2.28. The van der Waals surface area contributed by atoms with E-state index in [1.54, 1.807) is 7.05 Å². The summed E-state index contributed by atoms with van der Waals surface area (Å²) in [6, 6.07) is 5.56. The van der Waals surface area contributed by atoms with Crippen molar-refractivity contribution in [2.24, 2.45) is 0 Å². The third kappa shape index (κ3) is 3.02. The van der Waals surface area contributed by atoms with Crippen LogP contribution in [-0.2, 0) is 0 Å². The molecule has 8 heteroatoms. The van der Waals surface area contributed by atoms with Gasteiger partial charge in [0, 0.05) is 17.2 Å². The first-order valence-electron chi connectivity index (χ1n) is 5.73. The van der Waals surface area contributed by atoms with Crippen LogP contribution in [0.15, 0.2) is 28.9 Å². The summed E-state index contributed by atoms with van der Waals surface area (Å²) in [5, 5.41) is 16.7. The van der Waals surface area contributed by atoms with Crippen molar-refractivity contribution in [2.75, 3.05) is 17.7 Å². The standard InChI is InChI=1S/C12H12BrN5O2/c1-7-3-4-8(5-9(7)13)16-11-10(18(19)20)6-15-12(14-2)17-11/h3-6H,1-2H3,(H2,14,15,16,17). The molecule has 0 radical (unpaired) electrons. The minimum Gasteiger partial charge on any atom is -0.357 e. The lowest BCUT2D eigenvalue weighted by molar-refractivity contribution is -0.384. The average molecular weight is 338 g/mol. The average Bonchev–Trinajstić information content (AvgIpc) is 2.42. The number of anilines is 3. The van der Waals surface area contributed by atoms with E-state index in [0.717, 1.165) is 10.0 Å². The largest absolute Gasteiger partial charge is 0.357 e. The Morgan fingerprint density at radius 1 is 1.40 bits per heavy atom. The van der Waals surface area contributed by atoms with Crippen molar-refractivity contribution in [2.45, 2.75) is 6.92 Å². The fourth-order valence-corrected chi connectivity index (χ4v) is 1.91. The Morgan fingerprint density at radius 2 is 2.15 bits per heavy atom. The number of nitro groups is 1. The molecule has 0 amide bonds. The second kappa shape index (κ2) is 5.83. The first-order valence-corrected chi connectivity index (χ1v) is 6.53. The number of rotatable bonds is 4. The zero-order valence-electron chi connectivity index (χ0n) is 10.8. The molecule has 2 rings (SSSR count). The predicted molar refractivity (Wildman–Crippen MR) is 80.4 cm³/mol. The number of halogens is 1. The molecule has 2 N–H and O–H groups in total. The van der Waals surface area contributed by atoms with Crippen molar-refractivity contribution in [1.82, 2.24) is 9.97 Å². The molecule has 1 aromatic heterocycles. The van der Waals surface area contributed by atoms with Gasteiger partial charge in [0.25, 0.3) is 0 Å². The first-order chi connectivity index (χ1) is 9.51. The molecule has 1 aromatic carbocycles. The Kier molecular flexibility index (Phi) is 4.14. The van der Waals surface area contributed by atoms with Crippen molar-refractivity contribution in [1.29, 1.82) is 0 Å². The Balaban J connectivity index is 2.40. The molecule has 0 saturated heterocycles. The maximum Gasteiger partial charge on any atom is 0.329 e. The Morgan fingerprint density at radius 3 is 2.75 bits per heavy atom. The first kappa shape index (κ1) is 14.2. The van der Waals surface area contributed by atoms with E-state index in [2.05, 4.69) is 36.5 Å². The Bertz CT molecular complexity index is 662. The minimum atomic E-state index is -0.523. The van der Waals surface area contributed by atoms with Gasteiger partial charge in [0.2, 0.25) is 11.8 Å². The molecule has 104 valence electrons. The van der Waals surface area contributed by atoms with Gasteiger partial charge in [-0.2, -0.15) is 4.98 Å². The van der Waals surface area contributed by atoms with E-state index in [-0.39, 0.29) is 11.5 Å². The van der Waals surface area contributed by atoms with E-state index in [0.29, 0.717) is 11.6 Å². The maximum absolute atomic E-state index is 11.0. The lowest BCUT2D eigenvalue weighted by Crippen LogP contribution is -2.04. The summed E-state index contributed by atoms with van der Waals surface area (Å²) in [4.78, 5) is 18.4. The summed E-state index contributed by atoms with van der Waals surface area (Å²) in [5.74, 6) is 0.453. The summed E-state index contributed by atoms with van der Waals surface area (Å²) >= 11 is 3.42. The van der Waals surface area contributed by atoms with E-state index < -0.39 is 4.92 Å². The highest BCUT2D eigenvalue weighted by Gasteiger charge is 2.17. The van der Waals surface area contributed by atoms with E-state index in [4.69, 9.17) is 0 Å². The van der Waals surface area contributed by atoms with Gasteiger partial charge in [0.1, 0.15) is 6.20 Å². The summed E-state index contributed by atoms with van der Waals surface area (Å²) < 4.78 is 0.910. The number of aryl methyl sites for hydroxylation is 1. The van der Waals surface area contributed by atoms with E-state index in [1.807, 2.05) is 25.1 Å². The van der Waals surface area contributed by atoms with Crippen LogP contribution in [0.25, 0.3) is 0 Å². The number of hydrogen-bond donors (Lipinski definition) is 2. The third-order valence-electron chi connectivity index (χ3n) is 2.62. The molecular formula is C12H12BrN5O2. The number of benzene rings is 1. The second-order valence-electron chi connectivity index (χ2n) is 4.02. The molecule has 7 nitrogen and oxygen atoms in total. The van der Waals surface area contributed by atoms with Gasteiger partial charge in [-0.15, -0.1) is 0 Å². The van der Waals surface area contributed by atoms with Crippen LogP contribution < -0.4 is 10.6 Å². The van der Waals surface area contributed by atoms with Crippen LogP contribution in [0.5, 0.6) is 0 Å². The molecule has 20 heavy (non-hydrogen) atoms. The Hall–Kier alpha value is -2.22. The van der Waals surface area contributed by atoms with Gasteiger partial charge in [-0.1, -0.05) is 22.0 Å². The van der Waals surface area contributed by atoms with Crippen LogP contribution in [0.2, 0.25) is 0 Å². The molecular weight excluding hydrogens is 326 g/mol. The Labute approximate surface area is 123 Å². The molecule has 0 fully saturated rings. The molecule has 0 aliphatic heterocycles. The van der Waals surface area contributed by atoms with Crippen molar-refractivity contribution < 1.29 is 4.92 Å². The summed E-state index contributed by atoms with van der Waals surface area (Å²) in [5.41, 5.74) is 1.59. The fourth-order valence-electron chi connectivity index (χ4n) is 1.53. The van der Waals surface area contributed by atoms with Gasteiger partial charge in [-0.05, 0) is 24.6 Å². The topological polar surface area (TPSA) is 93.0 Å². The molecule has 0 aliphatic rings. The number of hydrogen-bond acceptors (Lipinski definition) is 6. The highest BCUT2D eigenvalue weighted by atomic mass is 79.9. The van der Waals surface area contributed by atoms with Gasteiger partial charge in [0.05, 0.1) is 4.92 Å². The molecule has 0 saturated carbocycles. The van der Waals surface area contributed by atoms with Crippen LogP contribution in [0, 0.1) is 17.0 Å². The van der Waals surface area contributed by atoms with Crippen LogP contribution in [0.1, 0.15) is 5.56 Å². The molecule has 0 unspecified atom stereocenters. The molecule has 1 heterocycles. The van der Waals surface area contributed by atoms with Crippen LogP contribution >= 0.6 is 15.9 Å². The van der Waals surface area contributed by atoms with Crippen LogP contribution in [0.3, 0.4) is 0 Å². The number of nitrogens with one attached hydrogen (secondary N) is 2. The minimum absolute atomic E-state index is 0.144. The summed E-state index contributed by atoms with van der Waals surface area (Å²) in [7, 11) is 1.65. The SMILES string of the molecule is CNc1ncc([N+](=O)[O-])c(Nc2ccc(C)c(Br)c2)n1. The normalized spacial score (nSPS) is 10.2. The van der Waals surface area contributed by atoms with Gasteiger partial charge in [0.15, 0.2) is 0 Å². The monoisotopic (exact) mass is 337 g/mol. The smallest absolute Gasteiger partial charge is 0.329 e. The van der Waals surface area contributed by atoms with E-state index in [1.165, 1.54) is 6.20 Å². The summed E-state index contributed by atoms with van der Waals surface area (Å²) in [6.45, 7) is 1.96. The van der Waals surface area contributed by atoms with Crippen LogP contribution in [-0.4, -0.2) is 21.9 Å².